The Balaban J connectivity index is 1.74. The van der Waals surface area contributed by atoms with Crippen molar-refractivity contribution in [3.8, 4) is 22.6 Å². The van der Waals surface area contributed by atoms with Gasteiger partial charge in [0.2, 0.25) is 0 Å². The fourth-order valence-corrected chi connectivity index (χ4v) is 5.47. The lowest BCUT2D eigenvalue weighted by Gasteiger charge is -2.24. The predicted molar refractivity (Wildman–Crippen MR) is 144 cm³/mol. The van der Waals surface area contributed by atoms with Crippen molar-refractivity contribution in [3.05, 3.63) is 81.3 Å². The third kappa shape index (κ3) is 5.12. The maximum absolute atomic E-state index is 14.2. The molecule has 0 saturated carbocycles. The van der Waals surface area contributed by atoms with Gasteiger partial charge in [0.15, 0.2) is 5.65 Å². The minimum Gasteiger partial charge on any atom is -0.508 e. The zero-order valence-electron chi connectivity index (χ0n) is 21.7. The van der Waals surface area contributed by atoms with Crippen LogP contribution in [0.1, 0.15) is 35.4 Å². The van der Waals surface area contributed by atoms with Crippen molar-refractivity contribution in [2.45, 2.75) is 46.2 Å². The molecule has 2 aromatic heterocycles. The number of pyridine rings is 1. The lowest BCUT2D eigenvalue weighted by molar-refractivity contribution is 0.294. The standard InChI is InChI=1S/C29H32FN5O2/c1-17-8-18(2)10-20(9-17)25-14-32-28-27(26(25)16-34(4)15-22-6-5-7-31-22)29(37)35(19(3)33-28)23-11-21(30)12-24(36)13-23/h8-14,22,31,36H,5-7,15-16H2,1-4H3/t22-/m0/s1. The Hall–Kier alpha value is -3.62. The molecule has 1 saturated heterocycles. The van der Waals surface area contributed by atoms with Crippen molar-refractivity contribution in [3.63, 3.8) is 0 Å². The maximum Gasteiger partial charge on any atom is 0.267 e. The second kappa shape index (κ2) is 10.0. The van der Waals surface area contributed by atoms with Crippen LogP contribution in [0.3, 0.4) is 0 Å². The van der Waals surface area contributed by atoms with Crippen LogP contribution in [0, 0.1) is 26.6 Å². The molecule has 2 aromatic carbocycles. The molecule has 4 aromatic rings. The van der Waals surface area contributed by atoms with Gasteiger partial charge in [-0.05, 0) is 64.4 Å². The van der Waals surface area contributed by atoms with E-state index in [2.05, 4.69) is 59.3 Å². The second-order valence-electron chi connectivity index (χ2n) is 10.2. The van der Waals surface area contributed by atoms with Crippen molar-refractivity contribution < 1.29 is 9.50 Å². The number of hydrogen-bond acceptors (Lipinski definition) is 6. The Morgan fingerprint density at radius 1 is 1.14 bits per heavy atom. The van der Waals surface area contributed by atoms with E-state index in [0.29, 0.717) is 29.4 Å². The number of phenolic OH excluding ortho intramolecular Hbond substituents is 1. The van der Waals surface area contributed by atoms with E-state index in [9.17, 15) is 14.3 Å². The van der Waals surface area contributed by atoms with Crippen LogP contribution in [0.4, 0.5) is 4.39 Å². The molecule has 3 heterocycles. The number of nitrogens with one attached hydrogen (secondary N) is 1. The first-order chi connectivity index (χ1) is 17.7. The molecule has 1 aliphatic rings. The Labute approximate surface area is 215 Å². The van der Waals surface area contributed by atoms with Gasteiger partial charge < -0.3 is 15.3 Å². The Kier molecular flexibility index (Phi) is 6.79. The third-order valence-electron chi connectivity index (χ3n) is 6.96. The van der Waals surface area contributed by atoms with Crippen LogP contribution in [-0.2, 0) is 6.54 Å². The largest absolute Gasteiger partial charge is 0.508 e. The number of aromatic hydroxyl groups is 1. The number of halogens is 1. The van der Waals surface area contributed by atoms with Crippen molar-refractivity contribution >= 4 is 11.0 Å². The highest BCUT2D eigenvalue weighted by molar-refractivity contribution is 5.86. The summed E-state index contributed by atoms with van der Waals surface area (Å²) < 4.78 is 15.5. The summed E-state index contributed by atoms with van der Waals surface area (Å²) >= 11 is 0. The molecule has 2 N–H and O–H groups in total. The van der Waals surface area contributed by atoms with E-state index in [1.165, 1.54) is 23.1 Å². The van der Waals surface area contributed by atoms with Crippen LogP contribution < -0.4 is 10.9 Å². The van der Waals surface area contributed by atoms with Gasteiger partial charge in [-0.1, -0.05) is 29.3 Å². The molecular formula is C29H32FN5O2. The first-order valence-electron chi connectivity index (χ1n) is 12.6. The van der Waals surface area contributed by atoms with Crippen LogP contribution in [0.15, 0.2) is 47.4 Å². The molecule has 1 fully saturated rings. The van der Waals surface area contributed by atoms with Gasteiger partial charge in [-0.3, -0.25) is 9.36 Å². The molecular weight excluding hydrogens is 469 g/mol. The number of fused-ring (bicyclic) bond motifs is 1. The average molecular weight is 502 g/mol. The second-order valence-corrected chi connectivity index (χ2v) is 10.2. The summed E-state index contributed by atoms with van der Waals surface area (Å²) in [5.74, 6) is -0.524. The summed E-state index contributed by atoms with van der Waals surface area (Å²) in [6.45, 7) is 8.18. The molecule has 37 heavy (non-hydrogen) atoms. The topological polar surface area (TPSA) is 83.3 Å². The quantitative estimate of drug-likeness (QED) is 0.408. The normalized spacial score (nSPS) is 15.7. The molecule has 0 aliphatic carbocycles. The van der Waals surface area contributed by atoms with Crippen LogP contribution in [0.5, 0.6) is 5.75 Å². The van der Waals surface area contributed by atoms with Gasteiger partial charge >= 0.3 is 0 Å². The summed E-state index contributed by atoms with van der Waals surface area (Å²) in [6.07, 6.45) is 4.10. The van der Waals surface area contributed by atoms with Gasteiger partial charge in [-0.25, -0.2) is 14.4 Å². The number of phenols is 1. The van der Waals surface area contributed by atoms with E-state index < -0.39 is 5.82 Å². The molecule has 0 unspecified atom stereocenters. The monoisotopic (exact) mass is 501 g/mol. The van der Waals surface area contributed by atoms with Crippen LogP contribution in [0.25, 0.3) is 27.8 Å². The summed E-state index contributed by atoms with van der Waals surface area (Å²) in [5.41, 5.74) is 5.19. The van der Waals surface area contributed by atoms with Crippen molar-refractivity contribution in [2.24, 2.45) is 0 Å². The predicted octanol–water partition coefficient (Wildman–Crippen LogP) is 4.40. The number of likely N-dealkylation sites (N-methyl/N-ethyl adjacent to an activating group) is 1. The van der Waals surface area contributed by atoms with Crippen molar-refractivity contribution in [1.29, 1.82) is 0 Å². The van der Waals surface area contributed by atoms with Gasteiger partial charge in [0.05, 0.1) is 11.1 Å². The smallest absolute Gasteiger partial charge is 0.267 e. The maximum atomic E-state index is 14.2. The van der Waals surface area contributed by atoms with Gasteiger partial charge in [0, 0.05) is 43.0 Å². The van der Waals surface area contributed by atoms with Crippen LogP contribution in [-0.4, -0.2) is 50.7 Å². The first-order valence-corrected chi connectivity index (χ1v) is 12.6. The minimum atomic E-state index is -0.632. The highest BCUT2D eigenvalue weighted by Gasteiger charge is 2.22. The summed E-state index contributed by atoms with van der Waals surface area (Å²) in [5, 5.41) is 13.9. The van der Waals surface area contributed by atoms with E-state index in [-0.39, 0.29) is 17.0 Å². The third-order valence-corrected chi connectivity index (χ3v) is 6.96. The number of hydrogen-bond donors (Lipinski definition) is 2. The first kappa shape index (κ1) is 25.0. The van der Waals surface area contributed by atoms with Crippen molar-refractivity contribution in [2.75, 3.05) is 20.1 Å². The van der Waals surface area contributed by atoms with E-state index in [0.717, 1.165) is 53.4 Å². The Morgan fingerprint density at radius 3 is 2.57 bits per heavy atom. The summed E-state index contributed by atoms with van der Waals surface area (Å²) in [6, 6.07) is 10.3. The van der Waals surface area contributed by atoms with E-state index >= 15 is 0 Å². The Bertz CT molecular complexity index is 1500. The number of nitrogens with zero attached hydrogens (tertiary/aromatic N) is 4. The summed E-state index contributed by atoms with van der Waals surface area (Å²) in [4.78, 5) is 25.5. The lowest BCUT2D eigenvalue weighted by Crippen LogP contribution is -2.35. The van der Waals surface area contributed by atoms with E-state index in [1.807, 2.05) is 0 Å². The van der Waals surface area contributed by atoms with Crippen molar-refractivity contribution in [1.82, 2.24) is 24.8 Å². The fourth-order valence-electron chi connectivity index (χ4n) is 5.47. The fraction of sp³-hybridized carbons (Fsp3) is 0.345. The van der Waals surface area contributed by atoms with E-state index in [4.69, 9.17) is 0 Å². The van der Waals surface area contributed by atoms with Gasteiger partial charge in [-0.2, -0.15) is 0 Å². The van der Waals surface area contributed by atoms with Gasteiger partial charge in [0.25, 0.3) is 5.56 Å². The molecule has 1 aliphatic heterocycles. The lowest BCUT2D eigenvalue weighted by atomic mass is 9.96. The molecule has 0 amide bonds. The Morgan fingerprint density at radius 2 is 1.89 bits per heavy atom. The van der Waals surface area contributed by atoms with Crippen LogP contribution in [0.2, 0.25) is 0 Å². The van der Waals surface area contributed by atoms with Gasteiger partial charge in [-0.15, -0.1) is 0 Å². The molecule has 0 spiro atoms. The molecule has 0 bridgehead atoms. The minimum absolute atomic E-state index is 0.223. The van der Waals surface area contributed by atoms with Gasteiger partial charge in [0.1, 0.15) is 17.4 Å². The molecule has 5 rings (SSSR count). The number of aryl methyl sites for hydroxylation is 3. The molecule has 7 nitrogen and oxygen atoms in total. The molecule has 1 atom stereocenters. The summed E-state index contributed by atoms with van der Waals surface area (Å²) in [7, 11) is 2.06. The highest BCUT2D eigenvalue weighted by atomic mass is 19.1. The SMILES string of the molecule is Cc1cc(C)cc(-c2cnc3nc(C)n(-c4cc(O)cc(F)c4)c(=O)c3c2CN(C)C[C@@H]2CCCN2)c1. The number of rotatable bonds is 6. The zero-order chi connectivity index (χ0) is 26.3. The molecule has 0 radical (unpaired) electrons. The van der Waals surface area contributed by atoms with Crippen LogP contribution >= 0.6 is 0 Å². The molecule has 8 heteroatoms. The number of benzene rings is 2. The van der Waals surface area contributed by atoms with E-state index in [1.54, 1.807) is 13.1 Å². The average Bonchev–Trinajstić information content (AvgIpc) is 3.30. The number of aromatic nitrogens is 3. The zero-order valence-corrected chi connectivity index (χ0v) is 21.7. The molecule has 192 valence electrons. The highest BCUT2D eigenvalue weighted by Crippen LogP contribution is 2.30.